The number of halogens is 1. The van der Waals surface area contributed by atoms with Gasteiger partial charge in [-0.05, 0) is 73.8 Å². The van der Waals surface area contributed by atoms with Crippen LogP contribution in [-0.4, -0.2) is 21.8 Å². The third-order valence-electron chi connectivity index (χ3n) is 4.96. The highest BCUT2D eigenvalue weighted by Gasteiger charge is 2.23. The third-order valence-corrected chi connectivity index (χ3v) is 5.18. The van der Waals surface area contributed by atoms with Gasteiger partial charge in [0, 0.05) is 11.9 Å². The molecule has 0 fully saturated rings. The maximum atomic E-state index is 12.5. The van der Waals surface area contributed by atoms with E-state index in [0.717, 1.165) is 43.5 Å². The molecule has 2 aliphatic rings. The molecule has 0 N–H and O–H groups in total. The average molecular weight is 342 g/mol. The first-order valence-corrected chi connectivity index (χ1v) is 9.15. The van der Waals surface area contributed by atoms with Crippen LogP contribution in [0.5, 0.6) is 0 Å². The fraction of sp³-hybridized carbons (Fsp3) is 0.421. The van der Waals surface area contributed by atoms with E-state index >= 15 is 0 Å². The Morgan fingerprint density at radius 3 is 2.71 bits per heavy atom. The highest BCUT2D eigenvalue weighted by Crippen LogP contribution is 2.31. The second kappa shape index (κ2) is 6.52. The zero-order chi connectivity index (χ0) is 16.5. The summed E-state index contributed by atoms with van der Waals surface area (Å²) in [4.78, 5) is 23.2. The first kappa shape index (κ1) is 15.6. The van der Waals surface area contributed by atoms with Gasteiger partial charge in [0.25, 0.3) is 0 Å². The lowest BCUT2D eigenvalue weighted by molar-refractivity contribution is -0.115. The zero-order valence-electron chi connectivity index (χ0n) is 13.6. The van der Waals surface area contributed by atoms with Gasteiger partial charge in [-0.3, -0.25) is 4.79 Å². The number of rotatable bonds is 3. The largest absolute Gasteiger partial charge is 0.273 e. The van der Waals surface area contributed by atoms with Gasteiger partial charge in [0.05, 0.1) is 5.69 Å². The predicted octanol–water partition coefficient (Wildman–Crippen LogP) is 3.75. The van der Waals surface area contributed by atoms with Gasteiger partial charge in [0.2, 0.25) is 11.9 Å². The van der Waals surface area contributed by atoms with Crippen molar-refractivity contribution in [3.05, 3.63) is 46.8 Å². The average Bonchev–Trinajstić information content (AvgIpc) is 3.09. The minimum absolute atomic E-state index is 0.0858. The van der Waals surface area contributed by atoms with E-state index in [1.54, 1.807) is 4.90 Å². The number of aromatic nitrogens is 2. The minimum atomic E-state index is -0.189. The molecule has 0 radical (unpaired) electrons. The molecule has 0 unspecified atom stereocenters. The summed E-state index contributed by atoms with van der Waals surface area (Å²) in [5.41, 5.74) is 5.79. The van der Waals surface area contributed by atoms with Gasteiger partial charge >= 0.3 is 0 Å². The number of anilines is 2. The fourth-order valence-electron chi connectivity index (χ4n) is 3.70. The Hall–Kier alpha value is -1.94. The molecule has 0 saturated carbocycles. The van der Waals surface area contributed by atoms with Crippen LogP contribution < -0.4 is 4.90 Å². The van der Waals surface area contributed by atoms with Gasteiger partial charge in [-0.15, -0.1) is 11.6 Å². The first-order valence-electron chi connectivity index (χ1n) is 8.62. The van der Waals surface area contributed by atoms with Gasteiger partial charge in [0.15, 0.2) is 0 Å². The lowest BCUT2D eigenvalue weighted by Gasteiger charge is -2.23. The molecule has 0 saturated heterocycles. The smallest absolute Gasteiger partial charge is 0.248 e. The van der Waals surface area contributed by atoms with Crippen molar-refractivity contribution >= 4 is 29.1 Å². The lowest BCUT2D eigenvalue weighted by atomic mass is 9.98. The number of alkyl halides is 1. The second-order valence-electron chi connectivity index (χ2n) is 6.52. The Kier molecular flexibility index (Phi) is 4.23. The molecule has 4 nitrogen and oxygen atoms in total. The summed E-state index contributed by atoms with van der Waals surface area (Å²) in [6.45, 7) is 0. The molecule has 1 aromatic carbocycles. The number of aryl methyl sites for hydroxylation is 4. The summed E-state index contributed by atoms with van der Waals surface area (Å²) >= 11 is 5.86. The van der Waals surface area contributed by atoms with E-state index in [4.69, 9.17) is 11.6 Å². The third kappa shape index (κ3) is 2.80. The molecule has 24 heavy (non-hydrogen) atoms. The number of amides is 1. The molecule has 1 heterocycles. The Bertz CT molecular complexity index is 790. The lowest BCUT2D eigenvalue weighted by Crippen LogP contribution is -2.29. The summed E-state index contributed by atoms with van der Waals surface area (Å²) in [6.07, 6.45) is 9.55. The molecule has 0 spiro atoms. The monoisotopic (exact) mass is 341 g/mol. The highest BCUT2D eigenvalue weighted by atomic mass is 35.5. The zero-order valence-corrected chi connectivity index (χ0v) is 14.4. The van der Waals surface area contributed by atoms with Crippen LogP contribution in [0, 0.1) is 0 Å². The Labute approximate surface area is 146 Å². The normalized spacial score (nSPS) is 15.7. The maximum absolute atomic E-state index is 12.5. The fourth-order valence-corrected chi connectivity index (χ4v) is 3.82. The molecule has 2 aliphatic carbocycles. The van der Waals surface area contributed by atoms with Crippen molar-refractivity contribution in [3.63, 3.8) is 0 Å². The number of nitrogens with zero attached hydrogens (tertiary/aromatic N) is 3. The molecular formula is C19H20ClN3O. The second-order valence-corrected chi connectivity index (χ2v) is 6.79. The number of carbonyl (C=O) groups is 1. The van der Waals surface area contributed by atoms with Gasteiger partial charge in [-0.2, -0.15) is 0 Å². The van der Waals surface area contributed by atoms with Crippen molar-refractivity contribution < 1.29 is 4.79 Å². The van der Waals surface area contributed by atoms with Gasteiger partial charge in [0.1, 0.15) is 5.88 Å². The summed E-state index contributed by atoms with van der Waals surface area (Å²) in [5.74, 6) is 0.168. The van der Waals surface area contributed by atoms with Gasteiger partial charge in [-0.1, -0.05) is 6.07 Å². The molecule has 2 aromatic rings. The van der Waals surface area contributed by atoms with Gasteiger partial charge < -0.3 is 0 Å². The van der Waals surface area contributed by atoms with Crippen LogP contribution in [-0.2, 0) is 30.5 Å². The number of benzene rings is 1. The first-order chi connectivity index (χ1) is 11.8. The summed E-state index contributed by atoms with van der Waals surface area (Å²) in [5, 5.41) is 0. The minimum Gasteiger partial charge on any atom is -0.273 e. The molecule has 1 aromatic heterocycles. The van der Waals surface area contributed by atoms with Crippen molar-refractivity contribution in [2.45, 2.75) is 44.9 Å². The number of hydrogen-bond donors (Lipinski definition) is 0. The van der Waals surface area contributed by atoms with Crippen LogP contribution in [0.2, 0.25) is 0 Å². The van der Waals surface area contributed by atoms with Crippen LogP contribution in [0.1, 0.15) is 41.6 Å². The highest BCUT2D eigenvalue weighted by molar-refractivity contribution is 6.30. The van der Waals surface area contributed by atoms with E-state index < -0.39 is 0 Å². The Morgan fingerprint density at radius 1 is 1.04 bits per heavy atom. The summed E-state index contributed by atoms with van der Waals surface area (Å²) in [7, 11) is 0. The van der Waals surface area contributed by atoms with Crippen molar-refractivity contribution in [1.82, 2.24) is 9.97 Å². The molecule has 4 rings (SSSR count). The van der Waals surface area contributed by atoms with E-state index in [1.165, 1.54) is 29.5 Å². The predicted molar refractivity (Wildman–Crippen MR) is 95.0 cm³/mol. The molecule has 0 aliphatic heterocycles. The van der Waals surface area contributed by atoms with Crippen LogP contribution >= 0.6 is 11.6 Å². The number of fused-ring (bicyclic) bond motifs is 2. The quantitative estimate of drug-likeness (QED) is 0.799. The standard InChI is InChI=1S/C19H20ClN3O/c20-11-18(24)23(16-9-8-13-5-3-6-14(13)10-16)19-21-12-15-4-1-2-7-17(15)22-19/h8-10,12H,1-7,11H2. The van der Waals surface area contributed by atoms with E-state index in [-0.39, 0.29) is 11.8 Å². The molecule has 0 atom stereocenters. The van der Waals surface area contributed by atoms with Crippen molar-refractivity contribution in [1.29, 1.82) is 0 Å². The van der Waals surface area contributed by atoms with Crippen molar-refractivity contribution in [3.8, 4) is 0 Å². The van der Waals surface area contributed by atoms with E-state index in [2.05, 4.69) is 22.1 Å². The molecular weight excluding hydrogens is 322 g/mol. The number of carbonyl (C=O) groups excluding carboxylic acids is 1. The topological polar surface area (TPSA) is 46.1 Å². The molecule has 5 heteroatoms. The van der Waals surface area contributed by atoms with Gasteiger partial charge in [-0.25, -0.2) is 14.9 Å². The molecule has 0 bridgehead atoms. The Balaban J connectivity index is 1.76. The summed E-state index contributed by atoms with van der Waals surface area (Å²) < 4.78 is 0. The van der Waals surface area contributed by atoms with Crippen LogP contribution in [0.3, 0.4) is 0 Å². The van der Waals surface area contributed by atoms with Crippen LogP contribution in [0.15, 0.2) is 24.4 Å². The SMILES string of the molecule is O=C(CCl)N(c1ccc2c(c1)CCC2)c1ncc2c(n1)CCCC2. The Morgan fingerprint density at radius 2 is 1.83 bits per heavy atom. The van der Waals surface area contributed by atoms with Crippen LogP contribution in [0.25, 0.3) is 0 Å². The van der Waals surface area contributed by atoms with Crippen molar-refractivity contribution in [2.75, 3.05) is 10.8 Å². The van der Waals surface area contributed by atoms with Crippen LogP contribution in [0.4, 0.5) is 11.6 Å². The summed E-state index contributed by atoms with van der Waals surface area (Å²) in [6, 6.07) is 6.19. The van der Waals surface area contributed by atoms with E-state index in [0.29, 0.717) is 5.95 Å². The maximum Gasteiger partial charge on any atom is 0.248 e. The van der Waals surface area contributed by atoms with E-state index in [1.807, 2.05) is 12.3 Å². The van der Waals surface area contributed by atoms with Crippen molar-refractivity contribution in [2.24, 2.45) is 0 Å². The molecule has 124 valence electrons. The molecule has 1 amide bonds. The van der Waals surface area contributed by atoms with E-state index in [9.17, 15) is 4.79 Å². The number of hydrogen-bond acceptors (Lipinski definition) is 3.